The molecule has 0 amide bonds. The van der Waals surface area contributed by atoms with E-state index in [1.54, 1.807) is 12.1 Å². The predicted molar refractivity (Wildman–Crippen MR) is 59.7 cm³/mol. The van der Waals surface area contributed by atoms with Gasteiger partial charge in [0.1, 0.15) is 0 Å². The maximum absolute atomic E-state index is 10.1. The van der Waals surface area contributed by atoms with Gasteiger partial charge in [-0.2, -0.15) is 0 Å². The van der Waals surface area contributed by atoms with E-state index >= 15 is 0 Å². The second-order valence-electron chi connectivity index (χ2n) is 4.25. The highest BCUT2D eigenvalue weighted by atomic mass is 16.3. The second-order valence-corrected chi connectivity index (χ2v) is 4.25. The molecule has 88 valence electrons. The topological polar surface area (TPSA) is 72.7 Å². The lowest BCUT2D eigenvalue weighted by atomic mass is 9.99. The molecule has 1 aromatic rings. The molecular formula is C12H17NO3. The van der Waals surface area contributed by atoms with Crippen LogP contribution in [0.3, 0.4) is 0 Å². The third-order valence-electron chi connectivity index (χ3n) is 3.03. The van der Waals surface area contributed by atoms with Gasteiger partial charge in [-0.05, 0) is 17.5 Å². The van der Waals surface area contributed by atoms with Crippen LogP contribution in [0, 0.1) is 0 Å². The molecule has 3 atom stereocenters. The van der Waals surface area contributed by atoms with Crippen molar-refractivity contribution in [1.29, 1.82) is 0 Å². The monoisotopic (exact) mass is 223 g/mol. The van der Waals surface area contributed by atoms with Crippen LogP contribution in [0.25, 0.3) is 0 Å². The molecule has 0 radical (unpaired) electrons. The Kier molecular flexibility index (Phi) is 3.56. The zero-order chi connectivity index (χ0) is 11.5. The van der Waals surface area contributed by atoms with E-state index in [2.05, 4.69) is 5.32 Å². The van der Waals surface area contributed by atoms with E-state index in [9.17, 15) is 10.2 Å². The van der Waals surface area contributed by atoms with Crippen LogP contribution in [0.15, 0.2) is 24.3 Å². The number of hydrogen-bond acceptors (Lipinski definition) is 4. The van der Waals surface area contributed by atoms with Crippen LogP contribution < -0.4 is 5.32 Å². The normalized spacial score (nSPS) is 26.9. The molecule has 1 aliphatic heterocycles. The number of nitrogens with one attached hydrogen (secondary N) is 1. The first kappa shape index (κ1) is 11.5. The van der Waals surface area contributed by atoms with Crippen molar-refractivity contribution in [2.45, 2.75) is 31.3 Å². The summed E-state index contributed by atoms with van der Waals surface area (Å²) in [4.78, 5) is 0. The quantitative estimate of drug-likeness (QED) is 0.579. The van der Waals surface area contributed by atoms with Gasteiger partial charge in [0.05, 0.1) is 18.8 Å². The summed E-state index contributed by atoms with van der Waals surface area (Å²) in [5.74, 6) is 0. The molecule has 0 bridgehead atoms. The molecule has 1 aliphatic rings. The van der Waals surface area contributed by atoms with Crippen molar-refractivity contribution in [3.63, 3.8) is 0 Å². The summed E-state index contributed by atoms with van der Waals surface area (Å²) in [5.41, 5.74) is 1.64. The molecule has 4 nitrogen and oxygen atoms in total. The number of hydrogen-bond donors (Lipinski definition) is 4. The van der Waals surface area contributed by atoms with Crippen molar-refractivity contribution in [3.8, 4) is 0 Å². The minimum atomic E-state index is -0.607. The number of aliphatic hydroxyl groups excluding tert-OH is 3. The highest BCUT2D eigenvalue weighted by molar-refractivity contribution is 5.25. The van der Waals surface area contributed by atoms with Crippen molar-refractivity contribution in [3.05, 3.63) is 35.4 Å². The average molecular weight is 223 g/mol. The molecule has 0 unspecified atom stereocenters. The molecule has 0 spiro atoms. The van der Waals surface area contributed by atoms with Crippen LogP contribution in [-0.2, 0) is 6.61 Å². The fraction of sp³-hybridized carbons (Fsp3) is 0.500. The zero-order valence-corrected chi connectivity index (χ0v) is 9.00. The van der Waals surface area contributed by atoms with Crippen LogP contribution in [0.4, 0.5) is 0 Å². The number of rotatable bonds is 3. The Morgan fingerprint density at radius 2 is 2.00 bits per heavy atom. The lowest BCUT2D eigenvalue weighted by Gasteiger charge is -2.18. The summed E-state index contributed by atoms with van der Waals surface area (Å²) >= 11 is 0. The Morgan fingerprint density at radius 1 is 1.31 bits per heavy atom. The van der Waals surface area contributed by atoms with E-state index in [1.807, 2.05) is 12.1 Å². The lowest BCUT2D eigenvalue weighted by molar-refractivity contribution is 0.125. The Hall–Kier alpha value is -0.940. The fourth-order valence-electron chi connectivity index (χ4n) is 2.04. The minimum absolute atomic E-state index is 0.0107. The van der Waals surface area contributed by atoms with Crippen molar-refractivity contribution in [2.24, 2.45) is 0 Å². The van der Waals surface area contributed by atoms with Gasteiger partial charge in [0, 0.05) is 12.6 Å². The summed E-state index contributed by atoms with van der Waals surface area (Å²) in [7, 11) is 0. The summed E-state index contributed by atoms with van der Waals surface area (Å²) in [6.07, 6.45) is -0.399. The number of benzene rings is 1. The van der Waals surface area contributed by atoms with Gasteiger partial charge < -0.3 is 20.6 Å². The molecule has 1 heterocycles. The standard InChI is InChI=1S/C12H17NO3/c14-7-8-1-3-9(4-2-8)12(16)11-5-10(15)6-13-11/h1-4,10-16H,5-7H2/t10-,11+,12+/m1/s1. The first-order valence-corrected chi connectivity index (χ1v) is 5.50. The third-order valence-corrected chi connectivity index (χ3v) is 3.03. The predicted octanol–water partition coefficient (Wildman–Crippen LogP) is -0.0649. The molecule has 4 N–H and O–H groups in total. The van der Waals surface area contributed by atoms with Crippen LogP contribution in [0.2, 0.25) is 0 Å². The molecular weight excluding hydrogens is 206 g/mol. The highest BCUT2D eigenvalue weighted by Crippen LogP contribution is 2.23. The Bertz CT molecular complexity index is 339. The van der Waals surface area contributed by atoms with Gasteiger partial charge in [-0.15, -0.1) is 0 Å². The van der Waals surface area contributed by atoms with Crippen LogP contribution in [0.5, 0.6) is 0 Å². The van der Waals surface area contributed by atoms with E-state index in [0.717, 1.165) is 11.1 Å². The average Bonchev–Trinajstić information content (AvgIpc) is 2.75. The van der Waals surface area contributed by atoms with Crippen molar-refractivity contribution < 1.29 is 15.3 Å². The van der Waals surface area contributed by atoms with E-state index in [4.69, 9.17) is 5.11 Å². The smallest absolute Gasteiger partial charge is 0.0943 e. The number of β-amino-alcohol motifs (C(OH)–C–C–N with tert-alkyl or cyclic N) is 1. The summed E-state index contributed by atoms with van der Waals surface area (Å²) in [6, 6.07) is 7.12. The summed E-state index contributed by atoms with van der Waals surface area (Å²) < 4.78 is 0. The first-order chi connectivity index (χ1) is 7.70. The molecule has 1 fully saturated rings. The van der Waals surface area contributed by atoms with Gasteiger partial charge in [0.2, 0.25) is 0 Å². The van der Waals surface area contributed by atoms with Crippen LogP contribution in [-0.4, -0.2) is 34.0 Å². The molecule has 4 heteroatoms. The molecule has 2 rings (SSSR count). The van der Waals surface area contributed by atoms with Gasteiger partial charge in [0.25, 0.3) is 0 Å². The van der Waals surface area contributed by atoms with Crippen molar-refractivity contribution in [1.82, 2.24) is 5.32 Å². The molecule has 1 saturated heterocycles. The number of aliphatic hydroxyl groups is 3. The minimum Gasteiger partial charge on any atom is -0.392 e. The van der Waals surface area contributed by atoms with Crippen molar-refractivity contribution in [2.75, 3.05) is 6.54 Å². The van der Waals surface area contributed by atoms with E-state index in [1.165, 1.54) is 0 Å². The first-order valence-electron chi connectivity index (χ1n) is 5.50. The van der Waals surface area contributed by atoms with E-state index < -0.39 is 6.10 Å². The fourth-order valence-corrected chi connectivity index (χ4v) is 2.04. The molecule has 0 saturated carbocycles. The Labute approximate surface area is 94.5 Å². The van der Waals surface area contributed by atoms with E-state index in [0.29, 0.717) is 13.0 Å². The van der Waals surface area contributed by atoms with Crippen molar-refractivity contribution >= 4 is 0 Å². The maximum Gasteiger partial charge on any atom is 0.0943 e. The van der Waals surface area contributed by atoms with Gasteiger partial charge in [-0.3, -0.25) is 0 Å². The maximum atomic E-state index is 10.1. The lowest BCUT2D eigenvalue weighted by Crippen LogP contribution is -2.28. The summed E-state index contributed by atoms with van der Waals surface area (Å²) in [5, 5.41) is 31.4. The van der Waals surface area contributed by atoms with Gasteiger partial charge in [-0.25, -0.2) is 0 Å². The largest absolute Gasteiger partial charge is 0.392 e. The second kappa shape index (κ2) is 4.93. The summed E-state index contributed by atoms with van der Waals surface area (Å²) in [6.45, 7) is 0.549. The van der Waals surface area contributed by atoms with E-state index in [-0.39, 0.29) is 18.8 Å². The molecule has 0 aromatic heterocycles. The molecule has 16 heavy (non-hydrogen) atoms. The Morgan fingerprint density at radius 3 is 2.50 bits per heavy atom. The third kappa shape index (κ3) is 2.41. The van der Waals surface area contributed by atoms with Gasteiger partial charge in [0.15, 0.2) is 0 Å². The van der Waals surface area contributed by atoms with Crippen LogP contribution in [0.1, 0.15) is 23.7 Å². The highest BCUT2D eigenvalue weighted by Gasteiger charge is 2.28. The molecule has 0 aliphatic carbocycles. The van der Waals surface area contributed by atoms with Gasteiger partial charge in [-0.1, -0.05) is 24.3 Å². The Balaban J connectivity index is 2.05. The molecule has 1 aromatic carbocycles. The van der Waals surface area contributed by atoms with Crippen LogP contribution >= 0.6 is 0 Å². The van der Waals surface area contributed by atoms with Gasteiger partial charge >= 0.3 is 0 Å². The SMILES string of the molecule is OCc1ccc([C@H](O)[C@@H]2C[C@@H](O)CN2)cc1. The zero-order valence-electron chi connectivity index (χ0n) is 9.00.